The van der Waals surface area contributed by atoms with Gasteiger partial charge in [-0.25, -0.2) is 4.79 Å². The standard InChI is InChI=1S/C14H17BrO4/c1-17-12-6-4-11(5-7-14(16)18-2)10-13(12)19-9-3-8-15/h4-7,10H,3,8-9H2,1-2H3. The topological polar surface area (TPSA) is 44.8 Å². The molecule has 0 fully saturated rings. The molecule has 0 aliphatic heterocycles. The van der Waals surface area contributed by atoms with Crippen LogP contribution in [-0.4, -0.2) is 32.1 Å². The fourth-order valence-electron chi connectivity index (χ4n) is 1.38. The normalized spacial score (nSPS) is 10.5. The Hall–Kier alpha value is -1.49. The van der Waals surface area contributed by atoms with E-state index in [1.807, 2.05) is 12.1 Å². The van der Waals surface area contributed by atoms with Crippen LogP contribution in [-0.2, 0) is 9.53 Å². The maximum atomic E-state index is 11.0. The third-order valence-electron chi connectivity index (χ3n) is 2.34. The van der Waals surface area contributed by atoms with E-state index in [1.165, 1.54) is 13.2 Å². The Morgan fingerprint density at radius 1 is 1.32 bits per heavy atom. The summed E-state index contributed by atoms with van der Waals surface area (Å²) in [4.78, 5) is 11.0. The van der Waals surface area contributed by atoms with E-state index in [0.29, 0.717) is 18.1 Å². The van der Waals surface area contributed by atoms with Gasteiger partial charge in [-0.15, -0.1) is 0 Å². The van der Waals surface area contributed by atoms with Crippen molar-refractivity contribution in [1.29, 1.82) is 0 Å². The minimum absolute atomic E-state index is 0.391. The number of esters is 1. The number of ether oxygens (including phenoxy) is 3. The van der Waals surface area contributed by atoms with E-state index in [2.05, 4.69) is 20.7 Å². The Morgan fingerprint density at radius 3 is 2.74 bits per heavy atom. The molecule has 0 radical (unpaired) electrons. The molecule has 1 aromatic carbocycles. The zero-order valence-corrected chi connectivity index (χ0v) is 12.6. The molecule has 0 N–H and O–H groups in total. The van der Waals surface area contributed by atoms with Crippen LogP contribution in [0.5, 0.6) is 11.5 Å². The Bertz CT molecular complexity index is 443. The monoisotopic (exact) mass is 328 g/mol. The van der Waals surface area contributed by atoms with E-state index in [-0.39, 0.29) is 0 Å². The molecule has 0 saturated heterocycles. The van der Waals surface area contributed by atoms with Crippen molar-refractivity contribution in [1.82, 2.24) is 0 Å². The molecule has 0 aliphatic carbocycles. The Kier molecular flexibility index (Phi) is 7.03. The lowest BCUT2D eigenvalue weighted by atomic mass is 10.2. The van der Waals surface area contributed by atoms with Gasteiger partial charge in [-0.2, -0.15) is 0 Å². The predicted molar refractivity (Wildman–Crippen MR) is 78.0 cm³/mol. The van der Waals surface area contributed by atoms with Gasteiger partial charge in [-0.05, 0) is 30.2 Å². The van der Waals surface area contributed by atoms with Crippen molar-refractivity contribution in [2.45, 2.75) is 6.42 Å². The highest BCUT2D eigenvalue weighted by atomic mass is 79.9. The van der Waals surface area contributed by atoms with Crippen molar-refractivity contribution in [3.05, 3.63) is 29.8 Å². The van der Waals surface area contributed by atoms with E-state index < -0.39 is 5.97 Å². The number of rotatable bonds is 7. The largest absolute Gasteiger partial charge is 0.493 e. The van der Waals surface area contributed by atoms with Gasteiger partial charge in [-0.1, -0.05) is 22.0 Å². The maximum Gasteiger partial charge on any atom is 0.330 e. The molecule has 0 aliphatic rings. The smallest absolute Gasteiger partial charge is 0.330 e. The van der Waals surface area contributed by atoms with E-state index in [1.54, 1.807) is 19.3 Å². The van der Waals surface area contributed by atoms with E-state index in [9.17, 15) is 4.79 Å². The first-order valence-corrected chi connectivity index (χ1v) is 6.96. The van der Waals surface area contributed by atoms with Crippen LogP contribution in [0.3, 0.4) is 0 Å². The molecule has 0 unspecified atom stereocenters. The molecular formula is C14H17BrO4. The number of carbonyl (C=O) groups is 1. The highest BCUT2D eigenvalue weighted by Crippen LogP contribution is 2.28. The Morgan fingerprint density at radius 2 is 2.11 bits per heavy atom. The molecule has 0 bridgehead atoms. The molecule has 0 amide bonds. The van der Waals surface area contributed by atoms with E-state index >= 15 is 0 Å². The highest BCUT2D eigenvalue weighted by Gasteiger charge is 2.05. The number of carbonyl (C=O) groups excluding carboxylic acids is 1. The number of methoxy groups -OCH3 is 2. The molecule has 0 spiro atoms. The molecule has 104 valence electrons. The molecule has 0 heterocycles. The van der Waals surface area contributed by atoms with E-state index in [0.717, 1.165) is 17.3 Å². The minimum Gasteiger partial charge on any atom is -0.493 e. The first-order valence-electron chi connectivity index (χ1n) is 5.84. The molecule has 0 aromatic heterocycles. The first-order chi connectivity index (χ1) is 9.21. The Labute approximate surface area is 121 Å². The maximum absolute atomic E-state index is 11.0. The SMILES string of the molecule is COC(=O)C=Cc1ccc(OC)c(OCCCBr)c1. The van der Waals surface area contributed by atoms with Gasteiger partial charge in [0.1, 0.15) is 0 Å². The van der Waals surface area contributed by atoms with Crippen LogP contribution in [0.25, 0.3) is 6.08 Å². The number of hydrogen-bond donors (Lipinski definition) is 0. The molecule has 0 saturated carbocycles. The fourth-order valence-corrected chi connectivity index (χ4v) is 1.61. The van der Waals surface area contributed by atoms with Crippen LogP contribution in [0.1, 0.15) is 12.0 Å². The van der Waals surface area contributed by atoms with Gasteiger partial charge in [0.15, 0.2) is 11.5 Å². The van der Waals surface area contributed by atoms with Gasteiger partial charge < -0.3 is 14.2 Å². The van der Waals surface area contributed by atoms with Crippen molar-refractivity contribution in [3.63, 3.8) is 0 Å². The average Bonchev–Trinajstić information content (AvgIpc) is 2.45. The van der Waals surface area contributed by atoms with Crippen molar-refractivity contribution in [3.8, 4) is 11.5 Å². The molecule has 5 heteroatoms. The van der Waals surface area contributed by atoms with Gasteiger partial charge in [0.05, 0.1) is 20.8 Å². The summed E-state index contributed by atoms with van der Waals surface area (Å²) in [5.41, 5.74) is 0.847. The van der Waals surface area contributed by atoms with E-state index in [4.69, 9.17) is 9.47 Å². The second-order valence-corrected chi connectivity index (χ2v) is 4.45. The summed E-state index contributed by atoms with van der Waals surface area (Å²) < 4.78 is 15.4. The van der Waals surface area contributed by atoms with Crippen LogP contribution < -0.4 is 9.47 Å². The average molecular weight is 329 g/mol. The first kappa shape index (κ1) is 15.6. The van der Waals surface area contributed by atoms with Crippen molar-refractivity contribution in [2.24, 2.45) is 0 Å². The lowest BCUT2D eigenvalue weighted by molar-refractivity contribution is -0.134. The summed E-state index contributed by atoms with van der Waals surface area (Å²) in [6, 6.07) is 5.47. The molecular weight excluding hydrogens is 312 g/mol. The lowest BCUT2D eigenvalue weighted by Gasteiger charge is -2.10. The third-order valence-corrected chi connectivity index (χ3v) is 2.90. The lowest BCUT2D eigenvalue weighted by Crippen LogP contribution is -2.00. The van der Waals surface area contributed by atoms with Crippen LogP contribution in [0.2, 0.25) is 0 Å². The minimum atomic E-state index is -0.391. The number of benzene rings is 1. The second-order valence-electron chi connectivity index (χ2n) is 3.66. The van der Waals surface area contributed by atoms with Gasteiger partial charge >= 0.3 is 5.97 Å². The van der Waals surface area contributed by atoms with Crippen molar-refractivity contribution >= 4 is 28.0 Å². The second kappa shape index (κ2) is 8.58. The molecule has 1 rings (SSSR count). The molecule has 1 aromatic rings. The molecule has 4 nitrogen and oxygen atoms in total. The summed E-state index contributed by atoms with van der Waals surface area (Å²) in [7, 11) is 2.94. The summed E-state index contributed by atoms with van der Waals surface area (Å²) in [5, 5.41) is 0.886. The number of hydrogen-bond acceptors (Lipinski definition) is 4. The quantitative estimate of drug-likeness (QED) is 0.334. The zero-order chi connectivity index (χ0) is 14.1. The van der Waals surface area contributed by atoms with Crippen molar-refractivity contribution < 1.29 is 19.0 Å². The number of halogens is 1. The summed E-state index contributed by atoms with van der Waals surface area (Å²) in [5.74, 6) is 0.942. The van der Waals surface area contributed by atoms with Gasteiger partial charge in [0.25, 0.3) is 0 Å². The molecule has 0 atom stereocenters. The van der Waals surface area contributed by atoms with Gasteiger partial charge in [0.2, 0.25) is 0 Å². The number of alkyl halides is 1. The highest BCUT2D eigenvalue weighted by molar-refractivity contribution is 9.09. The summed E-state index contributed by atoms with van der Waals surface area (Å²) >= 11 is 3.35. The van der Waals surface area contributed by atoms with Crippen LogP contribution >= 0.6 is 15.9 Å². The van der Waals surface area contributed by atoms with Crippen LogP contribution in [0.15, 0.2) is 24.3 Å². The van der Waals surface area contributed by atoms with Gasteiger partial charge in [0, 0.05) is 11.4 Å². The predicted octanol–water partition coefficient (Wildman–Crippen LogP) is 3.05. The zero-order valence-electron chi connectivity index (χ0n) is 11.0. The van der Waals surface area contributed by atoms with Crippen LogP contribution in [0, 0.1) is 0 Å². The summed E-state index contributed by atoms with van der Waals surface area (Å²) in [6.07, 6.45) is 3.94. The third kappa shape index (κ3) is 5.34. The Balaban J connectivity index is 2.82. The van der Waals surface area contributed by atoms with Crippen molar-refractivity contribution in [2.75, 3.05) is 26.2 Å². The fraction of sp³-hybridized carbons (Fsp3) is 0.357. The van der Waals surface area contributed by atoms with Gasteiger partial charge in [-0.3, -0.25) is 0 Å². The molecule has 19 heavy (non-hydrogen) atoms. The summed E-state index contributed by atoms with van der Waals surface area (Å²) in [6.45, 7) is 0.603. The van der Waals surface area contributed by atoms with Crippen LogP contribution in [0.4, 0.5) is 0 Å².